The van der Waals surface area contributed by atoms with Crippen molar-refractivity contribution in [1.82, 2.24) is 19.1 Å². The van der Waals surface area contributed by atoms with Crippen molar-refractivity contribution in [3.05, 3.63) is 161 Å². The van der Waals surface area contributed by atoms with Gasteiger partial charge in [-0.15, -0.1) is 0 Å². The highest BCUT2D eigenvalue weighted by molar-refractivity contribution is 7.48. The maximum absolute atomic E-state index is 15.2. The summed E-state index contributed by atoms with van der Waals surface area (Å²) in [5, 5.41) is -0.198. The van der Waals surface area contributed by atoms with E-state index in [0.717, 1.165) is 16.7 Å². The number of rotatable bonds is 15. The fraction of sp³-hybridized carbons (Fsp3) is 0.480. The Labute approximate surface area is 405 Å². The second kappa shape index (κ2) is 18.4. The quantitative estimate of drug-likeness (QED) is 0.0625. The number of aryl methyl sites for hydroxylation is 2. The van der Waals surface area contributed by atoms with Crippen LogP contribution in [0.2, 0.25) is 18.1 Å². The van der Waals surface area contributed by atoms with E-state index in [9.17, 15) is 19.2 Å². The first-order valence-corrected chi connectivity index (χ1v) is 27.8. The molecule has 2 N–H and O–H groups in total. The molecular formula is C50H61N4O14PSi. The highest BCUT2D eigenvalue weighted by atomic mass is 31.2. The Morgan fingerprint density at radius 2 is 1.30 bits per heavy atom. The number of methoxy groups -OCH3 is 2. The van der Waals surface area contributed by atoms with E-state index >= 15 is 4.57 Å². The van der Waals surface area contributed by atoms with Crippen LogP contribution in [0.1, 0.15) is 74.4 Å². The predicted octanol–water partition coefficient (Wildman–Crippen LogP) is 6.85. The minimum Gasteiger partial charge on any atom is -0.497 e. The molecule has 0 unspecified atom stereocenters. The van der Waals surface area contributed by atoms with E-state index < -0.39 is 98.5 Å². The Bertz CT molecular complexity index is 2980. The summed E-state index contributed by atoms with van der Waals surface area (Å²) < 4.78 is 76.3. The van der Waals surface area contributed by atoms with Crippen LogP contribution in [0.25, 0.3) is 0 Å². The Morgan fingerprint density at radius 3 is 1.86 bits per heavy atom. The number of H-pyrrole nitrogens is 2. The summed E-state index contributed by atoms with van der Waals surface area (Å²) in [6.45, 7) is 15.1. The summed E-state index contributed by atoms with van der Waals surface area (Å²) in [4.78, 5) is 56.5. The third-order valence-electron chi connectivity index (χ3n) is 14.9. The van der Waals surface area contributed by atoms with Crippen LogP contribution in [-0.2, 0) is 42.4 Å². The molecule has 2 aromatic heterocycles. The molecule has 9 rings (SSSR count). The van der Waals surface area contributed by atoms with Gasteiger partial charge in [0.1, 0.15) is 53.5 Å². The van der Waals surface area contributed by atoms with Crippen LogP contribution >= 0.6 is 7.82 Å². The summed E-state index contributed by atoms with van der Waals surface area (Å²) in [7, 11) is -3.79. The number of ether oxygens (including phenoxy) is 5. The topological polar surface area (TPSA) is 210 Å². The maximum Gasteiger partial charge on any atom is 0.475 e. The van der Waals surface area contributed by atoms with Gasteiger partial charge < -0.3 is 28.1 Å². The normalized spacial score (nSPS) is 28.5. The van der Waals surface area contributed by atoms with Crippen LogP contribution < -0.4 is 32.0 Å². The molecule has 0 amide bonds. The predicted molar refractivity (Wildman–Crippen MR) is 260 cm³/mol. The Balaban J connectivity index is 1.09. The molecule has 5 aromatic rings. The second-order valence-electron chi connectivity index (χ2n) is 20.2. The van der Waals surface area contributed by atoms with E-state index in [-0.39, 0.29) is 30.2 Å². The van der Waals surface area contributed by atoms with Gasteiger partial charge in [0, 0.05) is 35.9 Å². The molecule has 4 bridgehead atoms. The fourth-order valence-electron chi connectivity index (χ4n) is 10.1. The molecule has 70 heavy (non-hydrogen) atoms. The SMILES string of the molecule is COc1ccc(C(OC[C@]23O[C@@H](n4cc(C)c(=O)[nH]c4=O)[C@@H]4[C@H](C)[C@H]2O[P@](=O)(OC[C@H]2O[C@@H](n5cc(C)c(=O)[nH]c5=O)C[C@@H]2O[Si](C)(C)C(C)(C)C)O[C@@H]43)(c2ccccc2)c2ccc(OC)cc2)cc1. The lowest BCUT2D eigenvalue weighted by Gasteiger charge is -2.46. The number of aromatic amines is 2. The molecule has 1 aliphatic carbocycles. The van der Waals surface area contributed by atoms with Crippen LogP contribution in [0, 0.1) is 25.7 Å². The first-order valence-electron chi connectivity index (χ1n) is 23.4. The van der Waals surface area contributed by atoms with Gasteiger partial charge in [-0.25, -0.2) is 14.2 Å². The average molecular weight is 1000 g/mol. The molecule has 5 heterocycles. The van der Waals surface area contributed by atoms with Gasteiger partial charge in [-0.05, 0) is 78.9 Å². The molecule has 1 saturated carbocycles. The van der Waals surface area contributed by atoms with Gasteiger partial charge in [-0.2, -0.15) is 0 Å². The molecule has 4 aliphatic rings. The summed E-state index contributed by atoms with van der Waals surface area (Å²) in [6, 6.07) is 24.8. The summed E-state index contributed by atoms with van der Waals surface area (Å²) >= 11 is 0. The standard InChI is InChI=1S/C50H61N4O14PSi/c1-29-25-53(46(57)51-43(29)55)39-24-37(68-70(9,10)48(4,5)6)38(64-39)27-63-69(59)66-41-31(3)40-42(67-69)49(41,65-45(40)54-26-30(2)44(56)52-47(54)58)28-62-50(32-14-12-11-13-15-32,33-16-20-35(60-7)21-17-33)34-18-22-36(61-8)23-19-34/h11-23,25-26,31,37-42,45H,24,27-28H2,1-10H3,(H,51,55,57)(H,52,56,58)/t31-,37-,38+,39+,40+,41+,42-,45+,49-,69-/m0/s1. The summed E-state index contributed by atoms with van der Waals surface area (Å²) in [5.74, 6) is 0.135. The van der Waals surface area contributed by atoms with Gasteiger partial charge in [0.2, 0.25) is 0 Å². The van der Waals surface area contributed by atoms with Crippen molar-refractivity contribution < 1.29 is 46.2 Å². The van der Waals surface area contributed by atoms with Crippen LogP contribution in [0.3, 0.4) is 0 Å². The smallest absolute Gasteiger partial charge is 0.475 e. The van der Waals surface area contributed by atoms with E-state index in [0.29, 0.717) is 17.1 Å². The third-order valence-corrected chi connectivity index (χ3v) is 20.9. The molecule has 0 spiro atoms. The molecule has 10 atom stereocenters. The number of nitrogens with one attached hydrogen (secondary N) is 2. The molecule has 374 valence electrons. The van der Waals surface area contributed by atoms with Crippen LogP contribution in [-0.4, -0.2) is 84.9 Å². The highest BCUT2D eigenvalue weighted by Gasteiger charge is 2.76. The largest absolute Gasteiger partial charge is 0.497 e. The van der Waals surface area contributed by atoms with E-state index in [1.165, 1.54) is 21.5 Å². The molecule has 0 radical (unpaired) electrons. The van der Waals surface area contributed by atoms with Gasteiger partial charge in [0.05, 0.1) is 33.5 Å². The monoisotopic (exact) mass is 1000 g/mol. The van der Waals surface area contributed by atoms with E-state index in [2.05, 4.69) is 43.8 Å². The van der Waals surface area contributed by atoms with Crippen molar-refractivity contribution in [2.45, 2.75) is 114 Å². The lowest BCUT2D eigenvalue weighted by atomic mass is 9.79. The van der Waals surface area contributed by atoms with Gasteiger partial charge in [-0.3, -0.25) is 42.3 Å². The van der Waals surface area contributed by atoms with Crippen molar-refractivity contribution in [2.75, 3.05) is 27.4 Å². The number of benzene rings is 3. The lowest BCUT2D eigenvalue weighted by Crippen LogP contribution is -2.57. The lowest BCUT2D eigenvalue weighted by molar-refractivity contribution is -0.231. The molecule has 20 heteroatoms. The number of nitrogens with zero attached hydrogens (tertiary/aromatic N) is 2. The number of phosphoric ester groups is 1. The number of hydrogen-bond donors (Lipinski definition) is 2. The molecule has 3 aromatic carbocycles. The molecule has 3 saturated heterocycles. The van der Waals surface area contributed by atoms with Crippen molar-refractivity contribution in [2.24, 2.45) is 11.8 Å². The minimum atomic E-state index is -4.51. The van der Waals surface area contributed by atoms with E-state index in [1.807, 2.05) is 85.8 Å². The summed E-state index contributed by atoms with van der Waals surface area (Å²) in [6.07, 6.45) is -2.22. The Morgan fingerprint density at radius 1 is 0.771 bits per heavy atom. The van der Waals surface area contributed by atoms with E-state index in [1.54, 1.807) is 28.1 Å². The van der Waals surface area contributed by atoms with Gasteiger partial charge >= 0.3 is 19.2 Å². The zero-order valence-electron chi connectivity index (χ0n) is 41.0. The Kier molecular flexibility index (Phi) is 13.1. The minimum absolute atomic E-state index is 0.198. The molecule has 18 nitrogen and oxygen atoms in total. The van der Waals surface area contributed by atoms with Gasteiger partial charge in [0.25, 0.3) is 11.1 Å². The van der Waals surface area contributed by atoms with E-state index in [4.69, 9.17) is 41.7 Å². The first-order chi connectivity index (χ1) is 33.1. The number of aromatic nitrogens is 4. The number of phosphoric acid groups is 1. The van der Waals surface area contributed by atoms with Crippen molar-refractivity contribution in [3.8, 4) is 11.5 Å². The highest BCUT2D eigenvalue weighted by Crippen LogP contribution is 2.70. The maximum atomic E-state index is 15.2. The van der Waals surface area contributed by atoms with Crippen LogP contribution in [0.4, 0.5) is 0 Å². The van der Waals surface area contributed by atoms with Crippen molar-refractivity contribution in [3.63, 3.8) is 0 Å². The van der Waals surface area contributed by atoms with Gasteiger partial charge in [-0.1, -0.05) is 82.3 Å². The van der Waals surface area contributed by atoms with Gasteiger partial charge in [0.15, 0.2) is 8.32 Å². The number of hydrogen-bond acceptors (Lipinski definition) is 14. The zero-order chi connectivity index (χ0) is 50.1. The van der Waals surface area contributed by atoms with Crippen LogP contribution in [0.15, 0.2) is 110 Å². The van der Waals surface area contributed by atoms with Crippen LogP contribution in [0.5, 0.6) is 11.5 Å². The molecule has 4 fully saturated rings. The molecular weight excluding hydrogens is 940 g/mol. The molecule has 3 aliphatic heterocycles. The first kappa shape index (κ1) is 49.8. The van der Waals surface area contributed by atoms with Crippen molar-refractivity contribution >= 4 is 16.1 Å². The Hall–Kier alpha value is -5.21. The zero-order valence-corrected chi connectivity index (χ0v) is 42.9. The third kappa shape index (κ3) is 8.62. The fourth-order valence-corrected chi connectivity index (χ4v) is 13.2. The van der Waals surface area contributed by atoms with Crippen molar-refractivity contribution in [1.29, 1.82) is 0 Å². The second-order valence-corrected chi connectivity index (χ2v) is 26.6. The average Bonchev–Trinajstić information content (AvgIpc) is 3.91. The summed E-state index contributed by atoms with van der Waals surface area (Å²) in [5.41, 5.74) is -2.34.